The van der Waals surface area contributed by atoms with Crippen molar-refractivity contribution in [2.24, 2.45) is 0 Å². The number of aromatic amines is 1. The first kappa shape index (κ1) is 16.2. The fourth-order valence-electron chi connectivity index (χ4n) is 2.07. The Kier molecular flexibility index (Phi) is 5.71. The molecule has 2 N–H and O–H groups in total. The molecule has 0 saturated heterocycles. The van der Waals surface area contributed by atoms with E-state index < -0.39 is 0 Å². The average Bonchev–Trinajstić information content (AvgIpc) is 2.53. The van der Waals surface area contributed by atoms with E-state index in [2.05, 4.69) is 34.3 Å². The predicted molar refractivity (Wildman–Crippen MR) is 87.2 cm³/mol. The second kappa shape index (κ2) is 7.74. The lowest BCUT2D eigenvalue weighted by molar-refractivity contribution is -0.113. The highest BCUT2D eigenvalue weighted by molar-refractivity contribution is 7.99. The number of hydrogen-bond acceptors (Lipinski definition) is 5. The molecular formula is C15H18N4O2S. The molecule has 2 aromatic rings. The first-order valence-corrected chi connectivity index (χ1v) is 8.08. The van der Waals surface area contributed by atoms with Gasteiger partial charge in [0.15, 0.2) is 5.16 Å². The van der Waals surface area contributed by atoms with E-state index in [1.807, 2.05) is 18.2 Å². The largest absolute Gasteiger partial charge is 0.325 e. The summed E-state index contributed by atoms with van der Waals surface area (Å²) in [5.74, 6) is 0.0302. The van der Waals surface area contributed by atoms with Crippen molar-refractivity contribution in [2.45, 2.75) is 31.8 Å². The van der Waals surface area contributed by atoms with Crippen molar-refractivity contribution in [3.05, 3.63) is 45.9 Å². The summed E-state index contributed by atoms with van der Waals surface area (Å²) in [5.41, 5.74) is 2.80. The molecule has 1 aromatic heterocycles. The molecule has 1 amide bonds. The second-order valence-electron chi connectivity index (χ2n) is 4.63. The summed E-state index contributed by atoms with van der Waals surface area (Å²) in [6.45, 7) is 4.12. The lowest BCUT2D eigenvalue weighted by Gasteiger charge is -2.14. The maximum absolute atomic E-state index is 12.1. The Morgan fingerprint density at radius 1 is 1.27 bits per heavy atom. The molecule has 0 bridgehead atoms. The number of nitrogens with one attached hydrogen (secondary N) is 2. The van der Waals surface area contributed by atoms with Gasteiger partial charge < -0.3 is 5.32 Å². The third-order valence-electron chi connectivity index (χ3n) is 3.16. The van der Waals surface area contributed by atoms with Gasteiger partial charge >= 0.3 is 0 Å². The van der Waals surface area contributed by atoms with Gasteiger partial charge in [0.05, 0.1) is 5.75 Å². The average molecular weight is 318 g/mol. The first-order chi connectivity index (χ1) is 10.6. The molecule has 2 rings (SSSR count). The van der Waals surface area contributed by atoms with Crippen molar-refractivity contribution in [2.75, 3.05) is 11.1 Å². The zero-order valence-electron chi connectivity index (χ0n) is 12.5. The lowest BCUT2D eigenvalue weighted by Crippen LogP contribution is -2.17. The Morgan fingerprint density at radius 2 is 1.95 bits per heavy atom. The number of hydrogen-bond donors (Lipinski definition) is 2. The van der Waals surface area contributed by atoms with Crippen LogP contribution in [-0.2, 0) is 17.6 Å². The Labute approximate surface area is 132 Å². The third-order valence-corrected chi connectivity index (χ3v) is 4.02. The molecule has 0 fully saturated rings. The predicted octanol–water partition coefficient (Wildman–Crippen LogP) is 2.02. The number of carbonyl (C=O) groups is 1. The van der Waals surface area contributed by atoms with Crippen LogP contribution in [0, 0.1) is 0 Å². The molecule has 0 aliphatic carbocycles. The Balaban J connectivity index is 2.04. The minimum atomic E-state index is -0.331. The van der Waals surface area contributed by atoms with Crippen LogP contribution in [0.1, 0.15) is 25.0 Å². The number of aryl methyl sites for hydroxylation is 2. The van der Waals surface area contributed by atoms with Gasteiger partial charge in [-0.15, -0.1) is 5.10 Å². The van der Waals surface area contributed by atoms with E-state index in [1.54, 1.807) is 0 Å². The maximum Gasteiger partial charge on any atom is 0.270 e. The molecule has 22 heavy (non-hydrogen) atoms. The molecule has 0 radical (unpaired) electrons. The quantitative estimate of drug-likeness (QED) is 0.796. The Morgan fingerprint density at radius 3 is 2.55 bits per heavy atom. The number of rotatable bonds is 6. The molecule has 116 valence electrons. The molecular weight excluding hydrogens is 300 g/mol. The van der Waals surface area contributed by atoms with Crippen LogP contribution >= 0.6 is 11.8 Å². The summed E-state index contributed by atoms with van der Waals surface area (Å²) >= 11 is 1.15. The second-order valence-corrected chi connectivity index (χ2v) is 5.60. The van der Waals surface area contributed by atoms with E-state index in [9.17, 15) is 9.59 Å². The molecule has 6 nitrogen and oxygen atoms in total. The minimum absolute atomic E-state index is 0.132. The summed E-state index contributed by atoms with van der Waals surface area (Å²) < 4.78 is 0. The normalized spacial score (nSPS) is 10.5. The summed E-state index contributed by atoms with van der Waals surface area (Å²) in [4.78, 5) is 25.8. The van der Waals surface area contributed by atoms with E-state index in [0.29, 0.717) is 5.16 Å². The van der Waals surface area contributed by atoms with Crippen LogP contribution in [0.5, 0.6) is 0 Å². The first-order valence-electron chi connectivity index (χ1n) is 7.09. The zero-order valence-corrected chi connectivity index (χ0v) is 13.4. The topological polar surface area (TPSA) is 87.7 Å². The fourth-order valence-corrected chi connectivity index (χ4v) is 2.69. The highest BCUT2D eigenvalue weighted by atomic mass is 32.2. The van der Waals surface area contributed by atoms with Crippen molar-refractivity contribution in [1.82, 2.24) is 15.2 Å². The molecule has 7 heteroatoms. The van der Waals surface area contributed by atoms with Gasteiger partial charge in [-0.25, -0.2) is 0 Å². The van der Waals surface area contributed by atoms with E-state index in [1.165, 1.54) is 0 Å². The number of carbonyl (C=O) groups excluding carboxylic acids is 1. The molecule has 1 aromatic carbocycles. The fraction of sp³-hybridized carbons (Fsp3) is 0.333. The number of anilines is 1. The summed E-state index contributed by atoms with van der Waals surface area (Å²) in [6.07, 6.45) is 2.80. The molecule has 0 aliphatic heterocycles. The van der Waals surface area contributed by atoms with Crippen LogP contribution in [0.25, 0.3) is 0 Å². The van der Waals surface area contributed by atoms with Gasteiger partial charge in [0.1, 0.15) is 6.20 Å². The monoisotopic (exact) mass is 318 g/mol. The number of para-hydroxylation sites is 1. The van der Waals surface area contributed by atoms with Crippen LogP contribution in [0.3, 0.4) is 0 Å². The van der Waals surface area contributed by atoms with Gasteiger partial charge in [-0.2, -0.15) is 5.10 Å². The van der Waals surface area contributed by atoms with Crippen molar-refractivity contribution in [3.8, 4) is 0 Å². The zero-order chi connectivity index (χ0) is 15.9. The molecule has 0 spiro atoms. The SMILES string of the molecule is CCc1cccc(CC)c1NC(=O)CSc1nncc(=O)[nH]1. The molecule has 0 unspecified atom stereocenters. The van der Waals surface area contributed by atoms with Crippen LogP contribution in [0.2, 0.25) is 0 Å². The summed E-state index contributed by atoms with van der Waals surface area (Å²) in [7, 11) is 0. The number of nitrogens with zero attached hydrogens (tertiary/aromatic N) is 2. The van der Waals surface area contributed by atoms with Crippen LogP contribution in [0.4, 0.5) is 5.69 Å². The highest BCUT2D eigenvalue weighted by Crippen LogP contribution is 2.23. The van der Waals surface area contributed by atoms with Crippen molar-refractivity contribution in [3.63, 3.8) is 0 Å². The number of H-pyrrole nitrogens is 1. The maximum atomic E-state index is 12.1. The molecule has 1 heterocycles. The molecule has 0 aliphatic rings. The standard InChI is InChI=1S/C15H18N4O2S/c1-3-10-6-5-7-11(4-2)14(10)17-13(21)9-22-15-18-12(20)8-16-19-15/h5-8H,3-4,9H2,1-2H3,(H,17,21)(H,18,19,20). The van der Waals surface area contributed by atoms with Crippen molar-refractivity contribution in [1.29, 1.82) is 0 Å². The van der Waals surface area contributed by atoms with E-state index in [-0.39, 0.29) is 17.2 Å². The van der Waals surface area contributed by atoms with Crippen LogP contribution < -0.4 is 10.9 Å². The van der Waals surface area contributed by atoms with Crippen LogP contribution in [0.15, 0.2) is 34.3 Å². The van der Waals surface area contributed by atoms with Gasteiger partial charge in [-0.3, -0.25) is 14.6 Å². The van der Waals surface area contributed by atoms with Gasteiger partial charge in [-0.05, 0) is 24.0 Å². The van der Waals surface area contributed by atoms with Gasteiger partial charge in [0, 0.05) is 5.69 Å². The smallest absolute Gasteiger partial charge is 0.270 e. The van der Waals surface area contributed by atoms with Gasteiger partial charge in [-0.1, -0.05) is 43.8 Å². The number of benzene rings is 1. The van der Waals surface area contributed by atoms with E-state index in [0.717, 1.165) is 47.6 Å². The van der Waals surface area contributed by atoms with Crippen LogP contribution in [-0.4, -0.2) is 26.8 Å². The number of aromatic nitrogens is 3. The highest BCUT2D eigenvalue weighted by Gasteiger charge is 2.11. The third kappa shape index (κ3) is 4.17. The number of thioether (sulfide) groups is 1. The van der Waals surface area contributed by atoms with Crippen molar-refractivity contribution >= 4 is 23.4 Å². The lowest BCUT2D eigenvalue weighted by atomic mass is 10.0. The summed E-state index contributed by atoms with van der Waals surface area (Å²) in [5, 5.41) is 10.6. The van der Waals surface area contributed by atoms with Gasteiger partial charge in [0.25, 0.3) is 5.56 Å². The Bertz CT molecular complexity index is 692. The molecule has 0 saturated carbocycles. The van der Waals surface area contributed by atoms with E-state index >= 15 is 0 Å². The number of amides is 1. The Hall–Kier alpha value is -2.15. The molecule has 0 atom stereocenters. The summed E-state index contributed by atoms with van der Waals surface area (Å²) in [6, 6.07) is 6.04. The van der Waals surface area contributed by atoms with E-state index in [4.69, 9.17) is 0 Å². The minimum Gasteiger partial charge on any atom is -0.325 e. The van der Waals surface area contributed by atoms with Crippen molar-refractivity contribution < 1.29 is 4.79 Å². The van der Waals surface area contributed by atoms with Gasteiger partial charge in [0.2, 0.25) is 5.91 Å².